The number of benzene rings is 2. The first-order valence-corrected chi connectivity index (χ1v) is 11.3. The molecule has 1 aliphatic rings. The van der Waals surface area contributed by atoms with Crippen molar-refractivity contribution >= 4 is 51.6 Å². The quantitative estimate of drug-likeness (QED) is 0.480. The van der Waals surface area contributed by atoms with Crippen molar-refractivity contribution in [1.82, 2.24) is 5.43 Å². The van der Waals surface area contributed by atoms with Gasteiger partial charge in [-0.3, -0.25) is 4.79 Å². The summed E-state index contributed by atoms with van der Waals surface area (Å²) in [5.41, 5.74) is 4.66. The minimum Gasteiger partial charge on any atom is -0.489 e. The van der Waals surface area contributed by atoms with E-state index in [0.29, 0.717) is 11.9 Å². The summed E-state index contributed by atoms with van der Waals surface area (Å²) in [4.78, 5) is 11.8. The molecule has 0 radical (unpaired) electrons. The van der Waals surface area contributed by atoms with E-state index in [1.54, 1.807) is 18.0 Å². The van der Waals surface area contributed by atoms with Crippen LogP contribution in [0.3, 0.4) is 0 Å². The van der Waals surface area contributed by atoms with E-state index in [4.69, 9.17) is 4.74 Å². The summed E-state index contributed by atoms with van der Waals surface area (Å²) >= 11 is 6.90. The van der Waals surface area contributed by atoms with Crippen molar-refractivity contribution in [2.24, 2.45) is 5.10 Å². The highest BCUT2D eigenvalue weighted by molar-refractivity contribution is 9.10. The Labute approximate surface area is 170 Å². The number of rotatable bonds is 8. The van der Waals surface area contributed by atoms with Gasteiger partial charge in [0, 0.05) is 21.7 Å². The van der Waals surface area contributed by atoms with Crippen molar-refractivity contribution in [3.63, 3.8) is 0 Å². The maximum absolute atomic E-state index is 11.8. The highest BCUT2D eigenvalue weighted by Gasteiger charge is 2.19. The monoisotopic (exact) mass is 450 g/mol. The van der Waals surface area contributed by atoms with Gasteiger partial charge in [-0.15, -0.1) is 11.8 Å². The minimum absolute atomic E-state index is 0.108. The van der Waals surface area contributed by atoms with Crippen molar-refractivity contribution in [1.29, 1.82) is 0 Å². The molecule has 0 atom stereocenters. The van der Waals surface area contributed by atoms with E-state index in [1.807, 2.05) is 54.2 Å². The second kappa shape index (κ2) is 10.0. The number of ether oxygens (including phenoxy) is 1. The normalized spacial score (nSPS) is 14.2. The predicted molar refractivity (Wildman–Crippen MR) is 114 cm³/mol. The first-order chi connectivity index (χ1) is 12.7. The molecular formula is C19H19BrN2O2S2. The Morgan fingerprint density at radius 2 is 2.12 bits per heavy atom. The molecule has 0 aliphatic carbocycles. The number of carbonyl (C=O) groups is 1. The van der Waals surface area contributed by atoms with Gasteiger partial charge in [0.15, 0.2) is 0 Å². The number of thioether (sulfide) groups is 2. The van der Waals surface area contributed by atoms with Crippen LogP contribution in [0.5, 0.6) is 5.75 Å². The average molecular weight is 451 g/mol. The number of hydrazone groups is 1. The van der Waals surface area contributed by atoms with E-state index in [9.17, 15) is 4.79 Å². The zero-order valence-electron chi connectivity index (χ0n) is 14.1. The van der Waals surface area contributed by atoms with E-state index in [1.165, 1.54) is 5.56 Å². The van der Waals surface area contributed by atoms with Gasteiger partial charge in [0.25, 0.3) is 0 Å². The lowest BCUT2D eigenvalue weighted by molar-refractivity contribution is -0.118. The summed E-state index contributed by atoms with van der Waals surface area (Å²) in [6.07, 6.45) is 1.98. The molecule has 0 bridgehead atoms. The van der Waals surface area contributed by atoms with Crippen molar-refractivity contribution < 1.29 is 9.53 Å². The Balaban J connectivity index is 1.36. The van der Waals surface area contributed by atoms with Gasteiger partial charge in [0.2, 0.25) is 5.91 Å². The number of hydrogen-bond acceptors (Lipinski definition) is 5. The standard InChI is InChI=1S/C19H19BrN2O2S2/c20-16-3-1-2-15(8-16)10-25-13-19(23)22-21-9-14-4-6-17(7-5-14)24-18-11-26-12-18/h1-9,18H,10-13H2,(H,22,23)/b21-9-. The van der Waals surface area contributed by atoms with Crippen molar-refractivity contribution in [2.45, 2.75) is 11.9 Å². The highest BCUT2D eigenvalue weighted by Crippen LogP contribution is 2.23. The molecule has 1 heterocycles. The molecule has 1 saturated heterocycles. The summed E-state index contributed by atoms with van der Waals surface area (Å²) in [7, 11) is 0. The van der Waals surface area contributed by atoms with Gasteiger partial charge in [-0.05, 0) is 47.5 Å². The Hall–Kier alpha value is -1.44. The summed E-state index contributed by atoms with van der Waals surface area (Å²) in [5, 5.41) is 4.01. The van der Waals surface area contributed by atoms with Crippen LogP contribution in [0.1, 0.15) is 11.1 Å². The highest BCUT2D eigenvalue weighted by atomic mass is 79.9. The fourth-order valence-corrected chi connectivity index (χ4v) is 3.98. The minimum atomic E-state index is -0.108. The molecule has 4 nitrogen and oxygen atoms in total. The van der Waals surface area contributed by atoms with Gasteiger partial charge < -0.3 is 4.74 Å². The lowest BCUT2D eigenvalue weighted by Gasteiger charge is -2.25. The molecule has 0 aromatic heterocycles. The van der Waals surface area contributed by atoms with E-state index < -0.39 is 0 Å². The number of halogens is 1. The zero-order valence-corrected chi connectivity index (χ0v) is 17.3. The van der Waals surface area contributed by atoms with E-state index >= 15 is 0 Å². The van der Waals surface area contributed by atoms with Gasteiger partial charge in [-0.2, -0.15) is 16.9 Å². The second-order valence-corrected chi connectivity index (χ2v) is 8.74. The molecule has 136 valence electrons. The fraction of sp³-hybridized carbons (Fsp3) is 0.263. The molecule has 7 heteroatoms. The van der Waals surface area contributed by atoms with Crippen LogP contribution in [0.4, 0.5) is 0 Å². The van der Waals surface area contributed by atoms with Crippen molar-refractivity contribution in [3.8, 4) is 5.75 Å². The SMILES string of the molecule is O=C(CSCc1cccc(Br)c1)N/N=C\c1ccc(OC2CSC2)cc1. The van der Waals surface area contributed by atoms with Gasteiger partial charge in [-0.25, -0.2) is 5.43 Å². The number of carbonyl (C=O) groups excluding carboxylic acids is 1. The molecule has 2 aromatic rings. The molecule has 3 rings (SSSR count). The van der Waals surface area contributed by atoms with Crippen LogP contribution >= 0.6 is 39.5 Å². The average Bonchev–Trinajstić information content (AvgIpc) is 2.59. The van der Waals surface area contributed by atoms with Crippen LogP contribution in [0.15, 0.2) is 58.1 Å². The van der Waals surface area contributed by atoms with Crippen molar-refractivity contribution in [3.05, 3.63) is 64.1 Å². The largest absolute Gasteiger partial charge is 0.489 e. The van der Waals surface area contributed by atoms with Crippen LogP contribution in [0.25, 0.3) is 0 Å². The lowest BCUT2D eigenvalue weighted by atomic mass is 10.2. The summed E-state index contributed by atoms with van der Waals surface area (Å²) < 4.78 is 6.84. The summed E-state index contributed by atoms with van der Waals surface area (Å²) in [5.74, 6) is 4.06. The van der Waals surface area contributed by atoms with E-state index in [2.05, 4.69) is 32.5 Å². The third kappa shape index (κ3) is 6.37. The predicted octanol–water partition coefficient (Wildman–Crippen LogP) is 4.33. The van der Waals surface area contributed by atoms with Crippen LogP contribution in [-0.2, 0) is 10.5 Å². The lowest BCUT2D eigenvalue weighted by Crippen LogP contribution is -2.30. The molecule has 1 aliphatic heterocycles. The number of nitrogens with zero attached hydrogens (tertiary/aromatic N) is 1. The first-order valence-electron chi connectivity index (χ1n) is 8.17. The van der Waals surface area contributed by atoms with Crippen LogP contribution in [0, 0.1) is 0 Å². The molecule has 1 N–H and O–H groups in total. The Morgan fingerprint density at radius 3 is 2.81 bits per heavy atom. The summed E-state index contributed by atoms with van der Waals surface area (Å²) in [6, 6.07) is 15.8. The molecule has 2 aromatic carbocycles. The first kappa shape index (κ1) is 19.3. The molecule has 1 fully saturated rings. The zero-order chi connectivity index (χ0) is 18.2. The van der Waals surface area contributed by atoms with Crippen LogP contribution in [-0.4, -0.2) is 35.5 Å². The number of amides is 1. The molecule has 1 amide bonds. The fourth-order valence-electron chi connectivity index (χ4n) is 2.21. The molecule has 0 unspecified atom stereocenters. The molecule has 26 heavy (non-hydrogen) atoms. The Morgan fingerprint density at radius 1 is 1.31 bits per heavy atom. The molecular weight excluding hydrogens is 432 g/mol. The molecule has 0 saturated carbocycles. The van der Waals surface area contributed by atoms with Gasteiger partial charge in [0.05, 0.1) is 12.0 Å². The van der Waals surface area contributed by atoms with E-state index in [0.717, 1.165) is 33.0 Å². The second-order valence-electron chi connectivity index (χ2n) is 5.76. The van der Waals surface area contributed by atoms with Gasteiger partial charge >= 0.3 is 0 Å². The molecule has 0 spiro atoms. The number of hydrogen-bond donors (Lipinski definition) is 1. The van der Waals surface area contributed by atoms with Crippen LogP contribution in [0.2, 0.25) is 0 Å². The maximum atomic E-state index is 11.8. The van der Waals surface area contributed by atoms with Crippen LogP contribution < -0.4 is 10.2 Å². The topological polar surface area (TPSA) is 50.7 Å². The van der Waals surface area contributed by atoms with Gasteiger partial charge in [-0.1, -0.05) is 28.1 Å². The smallest absolute Gasteiger partial charge is 0.250 e. The van der Waals surface area contributed by atoms with E-state index in [-0.39, 0.29) is 5.91 Å². The van der Waals surface area contributed by atoms with Gasteiger partial charge in [0.1, 0.15) is 11.9 Å². The third-order valence-electron chi connectivity index (χ3n) is 3.58. The number of nitrogens with one attached hydrogen (secondary N) is 1. The Bertz CT molecular complexity index is 764. The Kier molecular flexibility index (Phi) is 7.46. The third-order valence-corrected chi connectivity index (χ3v) is 6.30. The maximum Gasteiger partial charge on any atom is 0.250 e. The summed E-state index contributed by atoms with van der Waals surface area (Å²) in [6.45, 7) is 0. The van der Waals surface area contributed by atoms with Crippen molar-refractivity contribution in [2.75, 3.05) is 17.3 Å².